The first-order chi connectivity index (χ1) is 14.1. The van der Waals surface area contributed by atoms with Crippen molar-refractivity contribution >= 4 is 17.5 Å². The summed E-state index contributed by atoms with van der Waals surface area (Å²) in [4.78, 5) is 30.0. The molecular weight excluding hydrogens is 368 g/mol. The standard InChI is InChI=1S/C22H32N4O3/c1-25-18(7-8-20(27)24-16-5-3-2-4-6-16)15-23-22(28)21-19(25)9-12-26(21)17-10-13-29-14-11-17/h2-6,17-19,21H,7-15H2,1H3,(H,23,28)(H,24,27). The Morgan fingerprint density at radius 1 is 1.21 bits per heavy atom. The predicted molar refractivity (Wildman–Crippen MR) is 112 cm³/mol. The third-order valence-corrected chi connectivity index (χ3v) is 6.71. The molecule has 3 fully saturated rings. The Morgan fingerprint density at radius 3 is 2.72 bits per heavy atom. The number of fused-ring (bicyclic) bond motifs is 1. The van der Waals surface area contributed by atoms with Crippen LogP contribution in [0.3, 0.4) is 0 Å². The van der Waals surface area contributed by atoms with E-state index in [4.69, 9.17) is 4.74 Å². The molecule has 158 valence electrons. The predicted octanol–water partition coefficient (Wildman–Crippen LogP) is 1.46. The molecule has 7 heteroatoms. The van der Waals surface area contributed by atoms with Gasteiger partial charge in [0.05, 0.1) is 0 Å². The summed E-state index contributed by atoms with van der Waals surface area (Å²) in [5, 5.41) is 6.11. The molecule has 4 rings (SSSR count). The van der Waals surface area contributed by atoms with Gasteiger partial charge in [0.15, 0.2) is 0 Å². The average molecular weight is 401 g/mol. The van der Waals surface area contributed by atoms with Gasteiger partial charge in [-0.05, 0) is 44.9 Å². The number of rotatable bonds is 5. The number of carbonyl (C=O) groups is 2. The minimum Gasteiger partial charge on any atom is -0.381 e. The molecule has 0 spiro atoms. The number of ether oxygens (including phenoxy) is 1. The molecule has 3 heterocycles. The number of carbonyl (C=O) groups excluding carboxylic acids is 2. The van der Waals surface area contributed by atoms with E-state index in [1.165, 1.54) is 0 Å². The van der Waals surface area contributed by atoms with Crippen LogP contribution in [0.1, 0.15) is 32.1 Å². The van der Waals surface area contributed by atoms with Crippen LogP contribution in [0.2, 0.25) is 0 Å². The number of nitrogens with zero attached hydrogens (tertiary/aromatic N) is 2. The average Bonchev–Trinajstić information content (AvgIpc) is 3.15. The lowest BCUT2D eigenvalue weighted by Gasteiger charge is -2.37. The largest absolute Gasteiger partial charge is 0.381 e. The van der Waals surface area contributed by atoms with Crippen LogP contribution < -0.4 is 10.6 Å². The van der Waals surface area contributed by atoms with Gasteiger partial charge in [-0.15, -0.1) is 0 Å². The lowest BCUT2D eigenvalue weighted by atomic mass is 10.0. The van der Waals surface area contributed by atoms with Crippen molar-refractivity contribution in [2.75, 3.05) is 38.7 Å². The van der Waals surface area contributed by atoms with Gasteiger partial charge in [0.1, 0.15) is 6.04 Å². The van der Waals surface area contributed by atoms with E-state index in [-0.39, 0.29) is 29.9 Å². The van der Waals surface area contributed by atoms with Gasteiger partial charge in [-0.25, -0.2) is 0 Å². The number of hydrogen-bond donors (Lipinski definition) is 2. The van der Waals surface area contributed by atoms with E-state index in [2.05, 4.69) is 27.5 Å². The fourth-order valence-corrected chi connectivity index (χ4v) is 5.06. The second-order valence-corrected chi connectivity index (χ2v) is 8.40. The Kier molecular flexibility index (Phi) is 6.47. The van der Waals surface area contributed by atoms with Gasteiger partial charge >= 0.3 is 0 Å². The molecule has 3 saturated heterocycles. The van der Waals surface area contributed by atoms with E-state index in [9.17, 15) is 9.59 Å². The molecule has 3 unspecified atom stereocenters. The van der Waals surface area contributed by atoms with Crippen LogP contribution in [0.4, 0.5) is 5.69 Å². The second kappa shape index (κ2) is 9.24. The third kappa shape index (κ3) is 4.63. The van der Waals surface area contributed by atoms with Crippen LogP contribution in [-0.2, 0) is 14.3 Å². The van der Waals surface area contributed by atoms with Gasteiger partial charge in [-0.1, -0.05) is 18.2 Å². The molecule has 2 amide bonds. The zero-order valence-electron chi connectivity index (χ0n) is 17.2. The highest BCUT2D eigenvalue weighted by atomic mass is 16.5. The monoisotopic (exact) mass is 400 g/mol. The lowest BCUT2D eigenvalue weighted by molar-refractivity contribution is -0.127. The molecule has 0 aliphatic carbocycles. The van der Waals surface area contributed by atoms with Crippen LogP contribution in [0.15, 0.2) is 30.3 Å². The van der Waals surface area contributed by atoms with Gasteiger partial charge in [-0.2, -0.15) is 0 Å². The van der Waals surface area contributed by atoms with E-state index in [0.717, 1.165) is 51.1 Å². The molecule has 3 atom stereocenters. The minimum atomic E-state index is -0.0914. The van der Waals surface area contributed by atoms with Gasteiger partial charge in [-0.3, -0.25) is 19.4 Å². The van der Waals surface area contributed by atoms with Gasteiger partial charge < -0.3 is 15.4 Å². The highest BCUT2D eigenvalue weighted by Gasteiger charge is 2.47. The summed E-state index contributed by atoms with van der Waals surface area (Å²) in [5.41, 5.74) is 0.822. The van der Waals surface area contributed by atoms with Crippen molar-refractivity contribution < 1.29 is 14.3 Å². The van der Waals surface area contributed by atoms with E-state index < -0.39 is 0 Å². The molecule has 0 radical (unpaired) electrons. The number of benzene rings is 1. The molecule has 0 saturated carbocycles. The summed E-state index contributed by atoms with van der Waals surface area (Å²) >= 11 is 0. The summed E-state index contributed by atoms with van der Waals surface area (Å²) in [5.74, 6) is 0.161. The van der Waals surface area contributed by atoms with Gasteiger partial charge in [0.2, 0.25) is 11.8 Å². The zero-order chi connectivity index (χ0) is 20.2. The van der Waals surface area contributed by atoms with Crippen molar-refractivity contribution in [2.24, 2.45) is 0 Å². The van der Waals surface area contributed by atoms with Crippen LogP contribution in [0, 0.1) is 0 Å². The summed E-state index contributed by atoms with van der Waals surface area (Å²) < 4.78 is 5.51. The fraction of sp³-hybridized carbons (Fsp3) is 0.636. The van der Waals surface area contributed by atoms with Crippen LogP contribution >= 0.6 is 0 Å². The van der Waals surface area contributed by atoms with Crippen molar-refractivity contribution in [3.8, 4) is 0 Å². The van der Waals surface area contributed by atoms with Crippen LogP contribution in [0.5, 0.6) is 0 Å². The maximum atomic E-state index is 12.9. The van der Waals surface area contributed by atoms with Gasteiger partial charge in [0.25, 0.3) is 0 Å². The van der Waals surface area contributed by atoms with E-state index in [0.29, 0.717) is 19.0 Å². The summed E-state index contributed by atoms with van der Waals surface area (Å²) in [7, 11) is 2.12. The number of likely N-dealkylation sites (N-methyl/N-ethyl adjacent to an activating group) is 1. The molecule has 7 nitrogen and oxygen atoms in total. The van der Waals surface area contributed by atoms with E-state index in [1.54, 1.807) is 0 Å². The van der Waals surface area contributed by atoms with Crippen LogP contribution in [-0.4, -0.2) is 79.1 Å². The highest BCUT2D eigenvalue weighted by molar-refractivity contribution is 5.90. The molecule has 2 N–H and O–H groups in total. The first-order valence-electron chi connectivity index (χ1n) is 10.8. The van der Waals surface area contributed by atoms with E-state index in [1.807, 2.05) is 30.3 Å². The molecule has 3 aliphatic heterocycles. The Hall–Kier alpha value is -1.96. The maximum Gasteiger partial charge on any atom is 0.239 e. The number of amides is 2. The lowest BCUT2D eigenvalue weighted by Crippen LogP contribution is -2.53. The quantitative estimate of drug-likeness (QED) is 0.783. The Bertz CT molecular complexity index is 707. The second-order valence-electron chi connectivity index (χ2n) is 8.40. The summed E-state index contributed by atoms with van der Waals surface area (Å²) in [6.07, 6.45) is 4.18. The summed E-state index contributed by atoms with van der Waals surface area (Å²) in [6.45, 7) is 3.13. The molecular formula is C22H32N4O3. The topological polar surface area (TPSA) is 73.9 Å². The number of nitrogens with one attached hydrogen (secondary N) is 2. The van der Waals surface area contributed by atoms with Crippen molar-refractivity contribution in [3.05, 3.63) is 30.3 Å². The number of hydrogen-bond acceptors (Lipinski definition) is 5. The zero-order valence-corrected chi connectivity index (χ0v) is 17.2. The molecule has 1 aromatic rings. The van der Waals surface area contributed by atoms with Gasteiger partial charge in [0, 0.05) is 56.5 Å². The minimum absolute atomic E-state index is 0.0203. The van der Waals surface area contributed by atoms with Crippen LogP contribution in [0.25, 0.3) is 0 Å². The third-order valence-electron chi connectivity index (χ3n) is 6.71. The van der Waals surface area contributed by atoms with Crippen molar-refractivity contribution in [1.29, 1.82) is 0 Å². The Labute approximate surface area is 172 Å². The van der Waals surface area contributed by atoms with Crippen molar-refractivity contribution in [1.82, 2.24) is 15.1 Å². The first-order valence-corrected chi connectivity index (χ1v) is 10.8. The molecule has 29 heavy (non-hydrogen) atoms. The number of likely N-dealkylation sites (tertiary alicyclic amines) is 1. The fourth-order valence-electron chi connectivity index (χ4n) is 5.06. The van der Waals surface area contributed by atoms with Crippen molar-refractivity contribution in [3.63, 3.8) is 0 Å². The van der Waals surface area contributed by atoms with Crippen molar-refractivity contribution in [2.45, 2.75) is 56.3 Å². The van der Waals surface area contributed by atoms with E-state index >= 15 is 0 Å². The normalized spacial score (nSPS) is 29.1. The highest BCUT2D eigenvalue weighted by Crippen LogP contribution is 2.31. The smallest absolute Gasteiger partial charge is 0.239 e. The molecule has 0 bridgehead atoms. The first kappa shape index (κ1) is 20.3. The summed E-state index contributed by atoms with van der Waals surface area (Å²) in [6, 6.07) is 10.3. The maximum absolute atomic E-state index is 12.9. The molecule has 3 aliphatic rings. The molecule has 1 aromatic carbocycles. The molecule has 0 aromatic heterocycles. The number of anilines is 1. The Balaban J connectivity index is 1.36. The number of para-hydroxylation sites is 1. The Morgan fingerprint density at radius 2 is 1.97 bits per heavy atom. The SMILES string of the molecule is CN1C(CCC(=O)Nc2ccccc2)CNC(=O)C2C1CCN2C1CCOCC1.